The molecule has 170 valence electrons. The number of rotatable bonds is 0. The summed E-state index contributed by atoms with van der Waals surface area (Å²) in [5.74, 6) is -2.57. The van der Waals surface area contributed by atoms with Gasteiger partial charge in [0.1, 0.15) is 21.6 Å². The van der Waals surface area contributed by atoms with E-state index in [-0.39, 0.29) is 10.6 Å². The number of aryl methyl sites for hydroxylation is 3. The molecule has 0 radical (unpaired) electrons. The minimum absolute atomic E-state index is 0.0676. The zero-order valence-corrected chi connectivity index (χ0v) is 18.9. The van der Waals surface area contributed by atoms with Crippen molar-refractivity contribution < 1.29 is 22.3 Å². The fraction of sp³-hybridized carbons (Fsp3) is 0.174. The van der Waals surface area contributed by atoms with Gasteiger partial charge >= 0.3 is 0 Å². The van der Waals surface area contributed by atoms with Crippen LogP contribution in [0.15, 0.2) is 47.4 Å². The van der Waals surface area contributed by atoms with Gasteiger partial charge in [-0.05, 0) is 42.5 Å². The number of sulfonamides is 1. The third kappa shape index (κ3) is 3.52. The van der Waals surface area contributed by atoms with Crippen LogP contribution in [0.25, 0.3) is 22.0 Å². The van der Waals surface area contributed by atoms with Gasteiger partial charge in [-0.3, -0.25) is 9.40 Å². The number of aromatic hydroxyl groups is 1. The van der Waals surface area contributed by atoms with Crippen molar-refractivity contribution in [2.45, 2.75) is 24.2 Å². The van der Waals surface area contributed by atoms with Crippen LogP contribution in [0.5, 0.6) is 5.75 Å². The van der Waals surface area contributed by atoms with E-state index in [9.17, 15) is 22.3 Å². The molecular weight excluding hydrogens is 472 g/mol. The minimum Gasteiger partial charge on any atom is -0.505 e. The Hall–Kier alpha value is -3.17. The van der Waals surface area contributed by atoms with Gasteiger partial charge in [-0.2, -0.15) is 5.10 Å². The molecule has 0 saturated heterocycles. The van der Waals surface area contributed by atoms with Crippen molar-refractivity contribution in [1.29, 1.82) is 0 Å². The quantitative estimate of drug-likeness (QED) is 0.357. The fourth-order valence-electron chi connectivity index (χ4n) is 4.30. The maximum absolute atomic E-state index is 14.8. The van der Waals surface area contributed by atoms with E-state index in [0.717, 1.165) is 11.6 Å². The molecule has 0 spiro atoms. The van der Waals surface area contributed by atoms with Crippen LogP contribution in [0.4, 0.5) is 14.5 Å². The highest BCUT2D eigenvalue weighted by molar-refractivity contribution is 7.92. The molecule has 6 nitrogen and oxygen atoms in total. The number of phenols is 1. The predicted molar refractivity (Wildman–Crippen MR) is 122 cm³/mol. The van der Waals surface area contributed by atoms with Crippen LogP contribution in [0.1, 0.15) is 17.7 Å². The molecule has 4 aromatic rings. The van der Waals surface area contributed by atoms with Crippen LogP contribution in [0.2, 0.25) is 5.02 Å². The van der Waals surface area contributed by atoms with E-state index in [1.165, 1.54) is 10.7 Å². The number of nitrogens with zero attached hydrogens (tertiary/aromatic N) is 2. The Morgan fingerprint density at radius 2 is 1.85 bits per heavy atom. The van der Waals surface area contributed by atoms with Crippen LogP contribution in [0, 0.1) is 11.6 Å². The smallest absolute Gasteiger partial charge is 0.265 e. The fourth-order valence-corrected chi connectivity index (χ4v) is 5.87. The molecule has 33 heavy (non-hydrogen) atoms. The lowest BCUT2D eigenvalue weighted by Gasteiger charge is -2.16. The van der Waals surface area contributed by atoms with E-state index in [4.69, 9.17) is 11.6 Å². The number of nitrogens with one attached hydrogen (secondary N) is 1. The lowest BCUT2D eigenvalue weighted by atomic mass is 9.95. The summed E-state index contributed by atoms with van der Waals surface area (Å²) in [5.41, 5.74) is 2.01. The maximum atomic E-state index is 14.8. The first kappa shape index (κ1) is 21.7. The van der Waals surface area contributed by atoms with Crippen LogP contribution in [-0.2, 0) is 29.9 Å². The third-order valence-corrected chi connectivity index (χ3v) is 7.58. The number of hydrogen-bond donors (Lipinski definition) is 2. The summed E-state index contributed by atoms with van der Waals surface area (Å²) in [6, 6.07) is 10.2. The van der Waals surface area contributed by atoms with E-state index in [1.807, 2.05) is 12.1 Å². The number of aromatic nitrogens is 2. The Balaban J connectivity index is 1.80. The van der Waals surface area contributed by atoms with Gasteiger partial charge in [0.05, 0.1) is 16.9 Å². The van der Waals surface area contributed by atoms with Gasteiger partial charge in [0.2, 0.25) is 0 Å². The van der Waals surface area contributed by atoms with Gasteiger partial charge in [-0.1, -0.05) is 35.9 Å². The van der Waals surface area contributed by atoms with Gasteiger partial charge < -0.3 is 5.11 Å². The summed E-state index contributed by atoms with van der Waals surface area (Å²) >= 11 is 6.32. The Morgan fingerprint density at radius 1 is 1.09 bits per heavy atom. The molecule has 0 atom stereocenters. The van der Waals surface area contributed by atoms with Crippen molar-refractivity contribution in [2.24, 2.45) is 7.05 Å². The Kier molecular flexibility index (Phi) is 5.06. The average Bonchev–Trinajstić information content (AvgIpc) is 3.08. The molecule has 0 fully saturated rings. The molecule has 1 aliphatic heterocycles. The Labute approximate surface area is 193 Å². The molecule has 2 N–H and O–H groups in total. The van der Waals surface area contributed by atoms with Crippen LogP contribution in [-0.4, -0.2) is 23.3 Å². The number of benzene rings is 3. The molecule has 5 rings (SSSR count). The molecule has 0 aliphatic carbocycles. The van der Waals surface area contributed by atoms with Crippen LogP contribution in [0.3, 0.4) is 0 Å². The summed E-state index contributed by atoms with van der Waals surface area (Å²) in [4.78, 5) is -0.517. The highest BCUT2D eigenvalue weighted by atomic mass is 35.5. The largest absolute Gasteiger partial charge is 0.505 e. The zero-order valence-electron chi connectivity index (χ0n) is 17.4. The highest BCUT2D eigenvalue weighted by Gasteiger charge is 2.28. The molecule has 0 amide bonds. The number of halogens is 3. The van der Waals surface area contributed by atoms with Crippen molar-refractivity contribution in [2.75, 3.05) is 4.72 Å². The predicted octanol–water partition coefficient (Wildman–Crippen LogP) is 5.17. The van der Waals surface area contributed by atoms with E-state index in [2.05, 4.69) is 9.82 Å². The first-order chi connectivity index (χ1) is 15.7. The monoisotopic (exact) mass is 489 g/mol. The molecule has 10 heteroatoms. The summed E-state index contributed by atoms with van der Waals surface area (Å²) in [6.45, 7) is 0. The number of fused-ring (bicyclic) bond motifs is 5. The first-order valence-electron chi connectivity index (χ1n) is 10.1. The molecule has 4 bridgehead atoms. The lowest BCUT2D eigenvalue weighted by Crippen LogP contribution is -2.15. The Morgan fingerprint density at radius 3 is 2.64 bits per heavy atom. The molecule has 1 aliphatic rings. The lowest BCUT2D eigenvalue weighted by molar-refractivity contribution is 0.460. The van der Waals surface area contributed by atoms with E-state index >= 15 is 0 Å². The second-order valence-electron chi connectivity index (χ2n) is 7.93. The number of anilines is 1. The van der Waals surface area contributed by atoms with Crippen molar-refractivity contribution in [3.05, 3.63) is 70.4 Å². The van der Waals surface area contributed by atoms with E-state index < -0.39 is 38.0 Å². The number of phenolic OH excluding ortho intramolecular Hbond substituents is 1. The molecule has 0 unspecified atom stereocenters. The van der Waals surface area contributed by atoms with E-state index in [1.54, 1.807) is 19.2 Å². The van der Waals surface area contributed by atoms with Gasteiger partial charge in [-0.15, -0.1) is 0 Å². The van der Waals surface area contributed by atoms with E-state index in [0.29, 0.717) is 47.5 Å². The number of hydrogen-bond acceptors (Lipinski definition) is 4. The minimum atomic E-state index is -4.48. The van der Waals surface area contributed by atoms with Crippen LogP contribution < -0.4 is 4.72 Å². The third-order valence-electron chi connectivity index (χ3n) is 5.84. The molecule has 3 aromatic carbocycles. The average molecular weight is 490 g/mol. The van der Waals surface area contributed by atoms with Gasteiger partial charge in [0.15, 0.2) is 5.75 Å². The van der Waals surface area contributed by atoms with Crippen molar-refractivity contribution in [1.82, 2.24) is 9.78 Å². The second-order valence-corrected chi connectivity index (χ2v) is 9.96. The summed E-state index contributed by atoms with van der Waals surface area (Å²) in [6.07, 6.45) is 1.72. The second kappa shape index (κ2) is 7.71. The van der Waals surface area contributed by atoms with Gasteiger partial charge in [-0.25, -0.2) is 17.2 Å². The topological polar surface area (TPSA) is 84.2 Å². The zero-order chi connectivity index (χ0) is 23.5. The normalized spacial score (nSPS) is 15.2. The van der Waals surface area contributed by atoms with Gasteiger partial charge in [0, 0.05) is 24.1 Å². The molecule has 0 saturated carbocycles. The summed E-state index contributed by atoms with van der Waals surface area (Å²) < 4.78 is 59.4. The highest BCUT2D eigenvalue weighted by Crippen LogP contribution is 2.41. The van der Waals surface area contributed by atoms with Crippen LogP contribution >= 0.6 is 11.6 Å². The molecule has 1 aromatic heterocycles. The SMILES string of the molecule is Cn1nc2c3cc(c(O)c(Cl)c31)S(=O)(=O)Nc1cc(c(F)cc1F)-c1ccccc1CCC2. The summed E-state index contributed by atoms with van der Waals surface area (Å²) in [5, 5.41) is 15.4. The summed E-state index contributed by atoms with van der Waals surface area (Å²) in [7, 11) is -2.83. The maximum Gasteiger partial charge on any atom is 0.265 e. The Bertz CT molecular complexity index is 1550. The van der Waals surface area contributed by atoms with Crippen molar-refractivity contribution in [3.8, 4) is 16.9 Å². The standard InChI is InChI=1S/C23H18ClF2N3O3S/c1-29-22-15-10-20(23(30)21(22)24)33(31,32)28-19-9-14(16(25)11-17(19)26)13-7-3-2-5-12(13)6-4-8-18(15)27-29/h2-3,5,7,9-11,28,30H,4,6,8H2,1H3. The molecular formula is C23H18ClF2N3O3S. The first-order valence-corrected chi connectivity index (χ1v) is 12.0. The van der Waals surface area contributed by atoms with Crippen molar-refractivity contribution >= 4 is 38.2 Å². The molecule has 2 heterocycles. The van der Waals surface area contributed by atoms with Gasteiger partial charge in [0.25, 0.3) is 10.0 Å². The van der Waals surface area contributed by atoms with Crippen molar-refractivity contribution in [3.63, 3.8) is 0 Å².